The van der Waals surface area contributed by atoms with Crippen molar-refractivity contribution >= 4 is 17.4 Å². The van der Waals surface area contributed by atoms with Gasteiger partial charge in [-0.2, -0.15) is 0 Å². The van der Waals surface area contributed by atoms with Crippen LogP contribution >= 0.6 is 0 Å². The summed E-state index contributed by atoms with van der Waals surface area (Å²) in [6.07, 6.45) is 0. The van der Waals surface area contributed by atoms with Crippen molar-refractivity contribution in [2.24, 2.45) is 0 Å². The zero-order valence-electron chi connectivity index (χ0n) is 14.7. The van der Waals surface area contributed by atoms with E-state index >= 15 is 0 Å². The van der Waals surface area contributed by atoms with Crippen molar-refractivity contribution in [2.45, 2.75) is 13.8 Å². The van der Waals surface area contributed by atoms with E-state index in [1.807, 2.05) is 25.1 Å². The SMILES string of the molecule is COc1ccc(C)cc1Nc1cc(C(=O)N2CCOCC2)nc(C)n1. The summed E-state index contributed by atoms with van der Waals surface area (Å²) in [7, 11) is 1.62. The van der Waals surface area contributed by atoms with E-state index in [-0.39, 0.29) is 5.91 Å². The largest absolute Gasteiger partial charge is 0.495 e. The Hall–Kier alpha value is -2.67. The van der Waals surface area contributed by atoms with Gasteiger partial charge in [-0.3, -0.25) is 4.79 Å². The van der Waals surface area contributed by atoms with E-state index < -0.39 is 0 Å². The Morgan fingerprint density at radius 3 is 2.68 bits per heavy atom. The molecule has 1 saturated heterocycles. The molecule has 1 aliphatic heterocycles. The minimum Gasteiger partial charge on any atom is -0.495 e. The second kappa shape index (κ2) is 7.48. The van der Waals surface area contributed by atoms with Crippen LogP contribution in [0.3, 0.4) is 0 Å². The van der Waals surface area contributed by atoms with Crippen LogP contribution in [0.1, 0.15) is 21.9 Å². The molecule has 1 aromatic heterocycles. The van der Waals surface area contributed by atoms with E-state index in [2.05, 4.69) is 15.3 Å². The van der Waals surface area contributed by atoms with Gasteiger partial charge in [-0.25, -0.2) is 9.97 Å². The minimum absolute atomic E-state index is 0.104. The number of amides is 1. The zero-order chi connectivity index (χ0) is 17.8. The van der Waals surface area contributed by atoms with Gasteiger partial charge in [-0.15, -0.1) is 0 Å². The molecule has 0 saturated carbocycles. The number of ether oxygens (including phenoxy) is 2. The van der Waals surface area contributed by atoms with Crippen molar-refractivity contribution in [1.29, 1.82) is 0 Å². The predicted molar refractivity (Wildman–Crippen MR) is 94.5 cm³/mol. The number of hydrogen-bond donors (Lipinski definition) is 1. The number of nitrogens with zero attached hydrogens (tertiary/aromatic N) is 3. The summed E-state index contributed by atoms with van der Waals surface area (Å²) in [6, 6.07) is 7.51. The van der Waals surface area contributed by atoms with E-state index in [1.54, 1.807) is 25.0 Å². The van der Waals surface area contributed by atoms with Gasteiger partial charge in [-0.05, 0) is 31.5 Å². The molecular formula is C18H22N4O3. The average molecular weight is 342 g/mol. The van der Waals surface area contributed by atoms with E-state index in [1.165, 1.54) is 0 Å². The number of carbonyl (C=O) groups excluding carboxylic acids is 1. The van der Waals surface area contributed by atoms with Gasteiger partial charge < -0.3 is 19.7 Å². The summed E-state index contributed by atoms with van der Waals surface area (Å²) < 4.78 is 10.7. The van der Waals surface area contributed by atoms with Crippen molar-refractivity contribution in [3.8, 4) is 5.75 Å². The normalized spacial score (nSPS) is 14.3. The second-order valence-corrected chi connectivity index (χ2v) is 5.92. The van der Waals surface area contributed by atoms with Gasteiger partial charge in [0.05, 0.1) is 26.0 Å². The van der Waals surface area contributed by atoms with Gasteiger partial charge in [0.15, 0.2) is 0 Å². The van der Waals surface area contributed by atoms with E-state index in [0.29, 0.717) is 49.4 Å². The highest BCUT2D eigenvalue weighted by molar-refractivity contribution is 5.93. The lowest BCUT2D eigenvalue weighted by Gasteiger charge is -2.26. The summed E-state index contributed by atoms with van der Waals surface area (Å²) in [5.41, 5.74) is 2.27. The number of methoxy groups -OCH3 is 1. The Balaban J connectivity index is 1.87. The molecule has 7 heteroatoms. The summed E-state index contributed by atoms with van der Waals surface area (Å²) in [4.78, 5) is 23.1. The van der Waals surface area contributed by atoms with E-state index in [4.69, 9.17) is 9.47 Å². The molecule has 1 amide bonds. The first kappa shape index (κ1) is 17.2. The smallest absolute Gasteiger partial charge is 0.272 e. The lowest BCUT2D eigenvalue weighted by atomic mass is 10.2. The Kier molecular flexibility index (Phi) is 5.14. The van der Waals surface area contributed by atoms with Gasteiger partial charge in [0, 0.05) is 19.2 Å². The molecular weight excluding hydrogens is 320 g/mol. The molecule has 0 radical (unpaired) electrons. The maximum absolute atomic E-state index is 12.7. The molecule has 0 bridgehead atoms. The quantitative estimate of drug-likeness (QED) is 0.919. The first-order valence-electron chi connectivity index (χ1n) is 8.21. The van der Waals surface area contributed by atoms with E-state index in [0.717, 1.165) is 11.3 Å². The molecule has 2 aromatic rings. The molecule has 0 unspecified atom stereocenters. The highest BCUT2D eigenvalue weighted by Gasteiger charge is 2.21. The Morgan fingerprint density at radius 2 is 1.96 bits per heavy atom. The molecule has 25 heavy (non-hydrogen) atoms. The van der Waals surface area contributed by atoms with Crippen molar-refractivity contribution < 1.29 is 14.3 Å². The number of carbonyl (C=O) groups is 1. The third-order valence-corrected chi connectivity index (χ3v) is 3.97. The highest BCUT2D eigenvalue weighted by atomic mass is 16.5. The highest BCUT2D eigenvalue weighted by Crippen LogP contribution is 2.28. The lowest BCUT2D eigenvalue weighted by molar-refractivity contribution is 0.0299. The Labute approximate surface area is 147 Å². The van der Waals surface area contributed by atoms with Crippen LogP contribution in [0.25, 0.3) is 0 Å². The fourth-order valence-corrected chi connectivity index (χ4v) is 2.73. The first-order chi connectivity index (χ1) is 12.1. The molecule has 3 rings (SSSR count). The number of hydrogen-bond acceptors (Lipinski definition) is 6. The average Bonchev–Trinajstić information content (AvgIpc) is 2.61. The monoisotopic (exact) mass is 342 g/mol. The molecule has 1 aliphatic rings. The summed E-state index contributed by atoms with van der Waals surface area (Å²) >= 11 is 0. The number of anilines is 2. The van der Waals surface area contributed by atoms with Gasteiger partial charge in [0.1, 0.15) is 23.1 Å². The molecule has 0 atom stereocenters. The maximum atomic E-state index is 12.7. The molecule has 1 N–H and O–H groups in total. The molecule has 132 valence electrons. The van der Waals surface area contributed by atoms with Crippen molar-refractivity contribution in [3.63, 3.8) is 0 Å². The van der Waals surface area contributed by atoms with Crippen molar-refractivity contribution in [2.75, 3.05) is 38.7 Å². The molecule has 0 spiro atoms. The van der Waals surface area contributed by atoms with E-state index in [9.17, 15) is 4.79 Å². The number of nitrogens with one attached hydrogen (secondary N) is 1. The zero-order valence-corrected chi connectivity index (χ0v) is 14.7. The number of benzene rings is 1. The summed E-state index contributed by atoms with van der Waals surface area (Å²) in [6.45, 7) is 6.05. The fourth-order valence-electron chi connectivity index (χ4n) is 2.73. The standard InChI is InChI=1S/C18H22N4O3/c1-12-4-5-16(24-3)14(10-12)21-17-11-15(19-13(2)20-17)18(23)22-6-8-25-9-7-22/h4-5,10-11H,6-9H2,1-3H3,(H,19,20,21). The molecule has 1 aromatic carbocycles. The minimum atomic E-state index is -0.104. The third-order valence-electron chi connectivity index (χ3n) is 3.97. The Morgan fingerprint density at radius 1 is 1.20 bits per heavy atom. The maximum Gasteiger partial charge on any atom is 0.272 e. The van der Waals surface area contributed by atoms with Crippen LogP contribution < -0.4 is 10.1 Å². The lowest BCUT2D eigenvalue weighted by Crippen LogP contribution is -2.41. The molecule has 0 aliphatic carbocycles. The fraction of sp³-hybridized carbons (Fsp3) is 0.389. The van der Waals surface area contributed by atoms with Crippen LogP contribution in [0, 0.1) is 13.8 Å². The molecule has 2 heterocycles. The predicted octanol–water partition coefficient (Wildman–Crippen LogP) is 2.32. The van der Waals surface area contributed by atoms with Crippen LogP contribution in [0.5, 0.6) is 5.75 Å². The van der Waals surface area contributed by atoms with Gasteiger partial charge in [-0.1, -0.05) is 6.07 Å². The van der Waals surface area contributed by atoms with Crippen molar-refractivity contribution in [1.82, 2.24) is 14.9 Å². The third kappa shape index (κ3) is 4.06. The van der Waals surface area contributed by atoms with Gasteiger partial charge >= 0.3 is 0 Å². The van der Waals surface area contributed by atoms with Crippen LogP contribution in [0.15, 0.2) is 24.3 Å². The number of rotatable bonds is 4. The number of morpholine rings is 1. The topological polar surface area (TPSA) is 76.6 Å². The first-order valence-corrected chi connectivity index (χ1v) is 8.21. The summed E-state index contributed by atoms with van der Waals surface area (Å²) in [5, 5.41) is 3.23. The summed E-state index contributed by atoms with van der Waals surface area (Å²) in [5.74, 6) is 1.71. The molecule has 7 nitrogen and oxygen atoms in total. The Bertz CT molecular complexity index is 773. The van der Waals surface area contributed by atoms with Crippen LogP contribution in [0.2, 0.25) is 0 Å². The number of aromatic nitrogens is 2. The van der Waals surface area contributed by atoms with Crippen LogP contribution in [0.4, 0.5) is 11.5 Å². The van der Waals surface area contributed by atoms with Crippen molar-refractivity contribution in [3.05, 3.63) is 41.3 Å². The second-order valence-electron chi connectivity index (χ2n) is 5.92. The van der Waals surface area contributed by atoms with Gasteiger partial charge in [0.2, 0.25) is 0 Å². The molecule has 1 fully saturated rings. The van der Waals surface area contributed by atoms with Crippen LogP contribution in [-0.4, -0.2) is 54.2 Å². The van der Waals surface area contributed by atoms with Crippen LogP contribution in [-0.2, 0) is 4.74 Å². The number of aryl methyl sites for hydroxylation is 2. The van der Waals surface area contributed by atoms with Gasteiger partial charge in [0.25, 0.3) is 5.91 Å².